The van der Waals surface area contributed by atoms with Crippen LogP contribution in [0.4, 0.5) is 14.5 Å². The normalized spacial score (nSPS) is 15.4. The van der Waals surface area contributed by atoms with E-state index in [1.54, 1.807) is 39.8 Å². The highest BCUT2D eigenvalue weighted by Gasteiger charge is 2.32. The number of nitrogens with zero attached hydrogens (tertiary/aromatic N) is 3. The second-order valence-corrected chi connectivity index (χ2v) is 13.6. The molecular weight excluding hydrogens is 614 g/mol. The van der Waals surface area contributed by atoms with Gasteiger partial charge < -0.3 is 19.2 Å². The molecule has 0 spiro atoms. The lowest BCUT2D eigenvalue weighted by atomic mass is 9.88. The molecule has 3 heterocycles. The molecule has 2 amide bonds. The Hall–Kier alpha value is -4.71. The number of halogens is 2. The van der Waals surface area contributed by atoms with Crippen molar-refractivity contribution in [2.45, 2.75) is 32.2 Å². The van der Waals surface area contributed by atoms with Gasteiger partial charge in [-0.1, -0.05) is 6.07 Å². The first-order valence-electron chi connectivity index (χ1n) is 15.0. The van der Waals surface area contributed by atoms with E-state index in [4.69, 9.17) is 4.42 Å². The molecule has 1 saturated heterocycles. The van der Waals surface area contributed by atoms with Gasteiger partial charge in [-0.15, -0.1) is 0 Å². The Morgan fingerprint density at radius 2 is 1.80 bits per heavy atom. The van der Waals surface area contributed by atoms with E-state index in [1.165, 1.54) is 48.7 Å². The number of piperidine rings is 1. The van der Waals surface area contributed by atoms with Crippen LogP contribution < -0.4 is 9.62 Å². The molecule has 12 heteroatoms. The number of aromatic nitrogens is 1. The molecule has 1 atom stereocenters. The van der Waals surface area contributed by atoms with E-state index in [0.717, 1.165) is 6.26 Å². The number of sulfonamides is 1. The third kappa shape index (κ3) is 5.40. The van der Waals surface area contributed by atoms with Crippen LogP contribution in [0.3, 0.4) is 0 Å². The first kappa shape index (κ1) is 31.3. The zero-order valence-corrected chi connectivity index (χ0v) is 26.7. The largest absolute Gasteiger partial charge is 0.455 e. The summed E-state index contributed by atoms with van der Waals surface area (Å²) >= 11 is 0. The number of fused-ring (bicyclic) bond motifs is 2. The van der Waals surface area contributed by atoms with Crippen molar-refractivity contribution in [3.05, 3.63) is 89.1 Å². The van der Waals surface area contributed by atoms with E-state index in [-0.39, 0.29) is 35.3 Å². The summed E-state index contributed by atoms with van der Waals surface area (Å²) in [4.78, 5) is 28.9. The van der Waals surface area contributed by atoms with Crippen molar-refractivity contribution in [3.8, 4) is 11.3 Å². The summed E-state index contributed by atoms with van der Waals surface area (Å²) in [6.07, 6.45) is 2.40. The molecule has 1 aliphatic rings. The fraction of sp³-hybridized carbons (Fsp3) is 0.294. The lowest BCUT2D eigenvalue weighted by molar-refractivity contribution is 0.0696. The quantitative estimate of drug-likeness (QED) is 0.229. The van der Waals surface area contributed by atoms with Crippen LogP contribution in [0.15, 0.2) is 65.1 Å². The van der Waals surface area contributed by atoms with Crippen molar-refractivity contribution in [2.75, 3.05) is 37.7 Å². The maximum atomic E-state index is 14.6. The predicted octanol–water partition coefficient (Wildman–Crippen LogP) is 6.13. The zero-order valence-electron chi connectivity index (χ0n) is 25.9. The van der Waals surface area contributed by atoms with E-state index in [0.29, 0.717) is 64.7 Å². The molecule has 1 fully saturated rings. The minimum atomic E-state index is -3.72. The Labute approximate surface area is 265 Å². The Morgan fingerprint density at radius 3 is 2.48 bits per heavy atom. The molecule has 3 aromatic carbocycles. The number of rotatable bonds is 7. The van der Waals surface area contributed by atoms with Gasteiger partial charge in [-0.05, 0) is 73.9 Å². The third-order valence-corrected chi connectivity index (χ3v) is 10.0. The number of amides is 2. The molecule has 9 nitrogen and oxygen atoms in total. The molecular formula is C34H34F2N4O5S. The molecule has 1 aliphatic heterocycles. The minimum Gasteiger partial charge on any atom is -0.455 e. The Bertz CT molecular complexity index is 2100. The molecule has 6 rings (SSSR count). The Balaban J connectivity index is 1.47. The average molecular weight is 649 g/mol. The van der Waals surface area contributed by atoms with E-state index >= 15 is 0 Å². The molecule has 0 saturated carbocycles. The van der Waals surface area contributed by atoms with E-state index < -0.39 is 27.6 Å². The molecule has 5 aromatic rings. The van der Waals surface area contributed by atoms with Crippen LogP contribution in [0.1, 0.15) is 52.1 Å². The lowest BCUT2D eigenvalue weighted by Gasteiger charge is -2.35. The molecule has 1 unspecified atom stereocenters. The van der Waals surface area contributed by atoms with Crippen LogP contribution in [0.5, 0.6) is 0 Å². The van der Waals surface area contributed by atoms with Gasteiger partial charge in [0, 0.05) is 62.0 Å². The van der Waals surface area contributed by atoms with E-state index in [1.807, 2.05) is 6.92 Å². The number of anilines is 1. The summed E-state index contributed by atoms with van der Waals surface area (Å²) in [5.74, 6) is -1.58. The van der Waals surface area contributed by atoms with Gasteiger partial charge in [-0.25, -0.2) is 17.2 Å². The number of furan rings is 1. The first-order chi connectivity index (χ1) is 21.9. The van der Waals surface area contributed by atoms with Crippen molar-refractivity contribution < 1.29 is 31.2 Å². The van der Waals surface area contributed by atoms with Gasteiger partial charge in [-0.2, -0.15) is 0 Å². The molecule has 0 radical (unpaired) electrons. The van der Waals surface area contributed by atoms with Crippen molar-refractivity contribution in [3.63, 3.8) is 0 Å². The van der Waals surface area contributed by atoms with E-state index in [9.17, 15) is 26.8 Å². The number of hydrogen-bond acceptors (Lipinski definition) is 5. The molecule has 0 aliphatic carbocycles. The summed E-state index contributed by atoms with van der Waals surface area (Å²) in [6.45, 7) is 3.13. The molecule has 0 bridgehead atoms. The average Bonchev–Trinajstić information content (AvgIpc) is 3.62. The minimum absolute atomic E-state index is 0.222. The van der Waals surface area contributed by atoms with Crippen molar-refractivity contribution in [2.24, 2.45) is 0 Å². The Kier molecular flexibility index (Phi) is 8.09. The number of hydrogen-bond donors (Lipinski definition) is 1. The zero-order chi connectivity index (χ0) is 32.9. The fourth-order valence-corrected chi connectivity index (χ4v) is 6.94. The monoisotopic (exact) mass is 648 g/mol. The number of benzene rings is 3. The highest BCUT2D eigenvalue weighted by Crippen LogP contribution is 2.42. The van der Waals surface area contributed by atoms with Gasteiger partial charge in [0.25, 0.3) is 11.8 Å². The molecule has 2 aromatic heterocycles. The summed E-state index contributed by atoms with van der Waals surface area (Å²) in [5, 5.41) is 3.49. The van der Waals surface area contributed by atoms with Crippen molar-refractivity contribution in [1.82, 2.24) is 14.8 Å². The summed E-state index contributed by atoms with van der Waals surface area (Å²) in [5.41, 5.74) is 3.02. The molecule has 240 valence electrons. The smallest absolute Gasteiger partial charge is 0.270 e. The number of carbonyl (C=O) groups is 2. The fourth-order valence-electron chi connectivity index (χ4n) is 6.43. The number of likely N-dealkylation sites (tertiary alicyclic amines) is 1. The molecule has 46 heavy (non-hydrogen) atoms. The van der Waals surface area contributed by atoms with Crippen LogP contribution in [0.25, 0.3) is 33.2 Å². The highest BCUT2D eigenvalue weighted by atomic mass is 32.2. The molecule has 1 N–H and O–H groups in total. The SMILES string of the molecule is CCn1c(C(=O)N2CCCC(c3cc4c(C(=O)NC)c(-c5ccc(F)cc5)oc4cc3N(C)S(C)(=O)=O)C2)cc2c(F)cccc21. The summed E-state index contributed by atoms with van der Waals surface area (Å²) < 4.78 is 63.2. The van der Waals surface area contributed by atoms with Crippen LogP contribution in [0, 0.1) is 11.6 Å². The lowest BCUT2D eigenvalue weighted by Crippen LogP contribution is -2.40. The summed E-state index contributed by atoms with van der Waals surface area (Å²) in [7, 11) is -0.774. The maximum Gasteiger partial charge on any atom is 0.270 e. The summed E-state index contributed by atoms with van der Waals surface area (Å²) in [6, 6.07) is 15.3. The first-order valence-corrected chi connectivity index (χ1v) is 16.9. The van der Waals surface area contributed by atoms with Gasteiger partial charge in [0.1, 0.15) is 28.7 Å². The number of nitrogens with one attached hydrogen (secondary N) is 1. The van der Waals surface area contributed by atoms with Gasteiger partial charge in [0.2, 0.25) is 10.0 Å². The second-order valence-electron chi connectivity index (χ2n) is 11.6. The van der Waals surface area contributed by atoms with Crippen molar-refractivity contribution >= 4 is 49.4 Å². The second kappa shape index (κ2) is 11.9. The number of carbonyl (C=O) groups excluding carboxylic acids is 2. The van der Waals surface area contributed by atoms with Crippen LogP contribution in [0.2, 0.25) is 0 Å². The van der Waals surface area contributed by atoms with Gasteiger partial charge in [0.05, 0.1) is 23.0 Å². The van der Waals surface area contributed by atoms with Crippen LogP contribution in [-0.4, -0.2) is 63.1 Å². The van der Waals surface area contributed by atoms with Gasteiger partial charge in [0.15, 0.2) is 0 Å². The van der Waals surface area contributed by atoms with Gasteiger partial charge >= 0.3 is 0 Å². The standard InChI is InChI=1S/C34H34F2N4O5S/c1-5-40-27-10-6-9-26(36)24(27)17-29(40)34(42)39-15-7-8-21(19-39)23-16-25-30(18-28(23)38(3)46(4,43)44)45-32(31(25)33(41)37-2)20-11-13-22(35)14-12-20/h6,9-14,16-18,21H,5,7-8,15,19H2,1-4H3,(H,37,41). The van der Waals surface area contributed by atoms with Crippen LogP contribution >= 0.6 is 0 Å². The van der Waals surface area contributed by atoms with Crippen molar-refractivity contribution in [1.29, 1.82) is 0 Å². The highest BCUT2D eigenvalue weighted by molar-refractivity contribution is 7.92. The third-order valence-electron chi connectivity index (χ3n) is 8.81. The topological polar surface area (TPSA) is 105 Å². The number of aryl methyl sites for hydroxylation is 1. The van der Waals surface area contributed by atoms with E-state index in [2.05, 4.69) is 5.32 Å². The van der Waals surface area contributed by atoms with Gasteiger partial charge in [-0.3, -0.25) is 13.9 Å². The van der Waals surface area contributed by atoms with Crippen LogP contribution in [-0.2, 0) is 16.6 Å². The predicted molar refractivity (Wildman–Crippen MR) is 174 cm³/mol. The maximum absolute atomic E-state index is 14.6. The Morgan fingerprint density at radius 1 is 1.07 bits per heavy atom.